The Morgan fingerprint density at radius 3 is 2.81 bits per heavy atom. The molecule has 0 saturated carbocycles. The van der Waals surface area contributed by atoms with Gasteiger partial charge >= 0.3 is 5.97 Å². The highest BCUT2D eigenvalue weighted by atomic mass is 35.5. The Hall–Kier alpha value is -1.79. The van der Waals surface area contributed by atoms with Crippen molar-refractivity contribution in [2.24, 2.45) is 0 Å². The van der Waals surface area contributed by atoms with Gasteiger partial charge in [0.15, 0.2) is 0 Å². The normalized spacial score (nSPS) is 10.5. The van der Waals surface area contributed by atoms with Crippen LogP contribution in [-0.2, 0) is 11.3 Å². The van der Waals surface area contributed by atoms with Crippen molar-refractivity contribution in [3.63, 3.8) is 0 Å². The van der Waals surface area contributed by atoms with Crippen LogP contribution in [0, 0.1) is 6.92 Å². The van der Waals surface area contributed by atoms with Gasteiger partial charge in [-0.3, -0.25) is 0 Å². The highest BCUT2D eigenvalue weighted by Crippen LogP contribution is 2.33. The second kappa shape index (κ2) is 6.32. The summed E-state index contributed by atoms with van der Waals surface area (Å²) in [5.41, 5.74) is 9.91. The average molecular weight is 326 g/mol. The van der Waals surface area contributed by atoms with E-state index in [1.807, 2.05) is 18.9 Å². The monoisotopic (exact) mass is 325 g/mol. The maximum Gasteiger partial charge on any atom is 0.340 e. The molecule has 1 aromatic carbocycles. The average Bonchev–Trinajstić information content (AvgIpc) is 2.82. The second-order valence-corrected chi connectivity index (χ2v) is 5.95. The van der Waals surface area contributed by atoms with Gasteiger partial charge in [-0.2, -0.15) is 0 Å². The van der Waals surface area contributed by atoms with Gasteiger partial charge in [0, 0.05) is 17.6 Å². The molecule has 0 fully saturated rings. The van der Waals surface area contributed by atoms with Crippen LogP contribution < -0.4 is 10.6 Å². The summed E-state index contributed by atoms with van der Waals surface area (Å²) >= 11 is 7.83. The lowest BCUT2D eigenvalue weighted by Gasteiger charge is -2.23. The molecule has 5 nitrogen and oxygen atoms in total. The van der Waals surface area contributed by atoms with E-state index >= 15 is 0 Å². The number of thiazole rings is 1. The number of esters is 1. The molecule has 0 amide bonds. The van der Waals surface area contributed by atoms with Crippen LogP contribution in [-0.4, -0.2) is 25.1 Å². The fraction of sp³-hybridized carbons (Fsp3) is 0.286. The summed E-state index contributed by atoms with van der Waals surface area (Å²) in [4.78, 5) is 19.2. The van der Waals surface area contributed by atoms with Crippen LogP contribution in [0.25, 0.3) is 0 Å². The van der Waals surface area contributed by atoms with Gasteiger partial charge in [0.25, 0.3) is 0 Å². The fourth-order valence-corrected chi connectivity index (χ4v) is 3.25. The number of ether oxygens (including phenoxy) is 1. The van der Waals surface area contributed by atoms with Crippen molar-refractivity contribution in [3.8, 4) is 0 Å². The van der Waals surface area contributed by atoms with Gasteiger partial charge in [0.05, 0.1) is 41.1 Å². The molecule has 0 unspecified atom stereocenters. The standard InChI is InChI=1S/C14H16ClN3O2S/c1-8-12(21-7-17-8)6-18(2)13-10(14(19)20-3)4-9(16)5-11(13)15/h4-5,7H,6,16H2,1-3H3. The Morgan fingerprint density at radius 1 is 1.52 bits per heavy atom. The molecule has 112 valence electrons. The number of nitrogens with two attached hydrogens (primary N) is 1. The van der Waals surface area contributed by atoms with Crippen molar-refractivity contribution >= 4 is 40.3 Å². The molecular formula is C14H16ClN3O2S. The maximum atomic E-state index is 11.9. The Bertz CT molecular complexity index is 672. The predicted octanol–water partition coefficient (Wildman–Crippen LogP) is 3.11. The van der Waals surface area contributed by atoms with Crippen LogP contribution in [0.4, 0.5) is 11.4 Å². The molecule has 0 aliphatic heterocycles. The summed E-state index contributed by atoms with van der Waals surface area (Å²) in [6.45, 7) is 2.55. The number of carbonyl (C=O) groups is 1. The first-order valence-corrected chi connectivity index (χ1v) is 7.47. The molecular weight excluding hydrogens is 310 g/mol. The molecule has 0 radical (unpaired) electrons. The molecule has 0 spiro atoms. The van der Waals surface area contributed by atoms with Crippen LogP contribution >= 0.6 is 22.9 Å². The number of aryl methyl sites for hydroxylation is 1. The third-order valence-corrected chi connectivity index (χ3v) is 4.31. The van der Waals surface area contributed by atoms with Gasteiger partial charge < -0.3 is 15.4 Å². The summed E-state index contributed by atoms with van der Waals surface area (Å²) in [5.74, 6) is -0.466. The van der Waals surface area contributed by atoms with Crippen molar-refractivity contribution < 1.29 is 9.53 Å². The van der Waals surface area contributed by atoms with Gasteiger partial charge in [-0.15, -0.1) is 11.3 Å². The predicted molar refractivity (Wildman–Crippen MR) is 86.2 cm³/mol. The zero-order valence-electron chi connectivity index (χ0n) is 12.0. The number of benzene rings is 1. The lowest BCUT2D eigenvalue weighted by atomic mass is 10.1. The van der Waals surface area contributed by atoms with Crippen molar-refractivity contribution in [2.75, 3.05) is 24.8 Å². The Kier molecular flexibility index (Phi) is 4.69. The number of aromatic nitrogens is 1. The molecule has 7 heteroatoms. The van der Waals surface area contributed by atoms with Gasteiger partial charge in [-0.05, 0) is 19.1 Å². The SMILES string of the molecule is COC(=O)c1cc(N)cc(Cl)c1N(C)Cc1scnc1C. The number of hydrogen-bond acceptors (Lipinski definition) is 6. The van der Waals surface area contributed by atoms with E-state index in [4.69, 9.17) is 22.1 Å². The van der Waals surface area contributed by atoms with Gasteiger partial charge in [-0.25, -0.2) is 9.78 Å². The minimum absolute atomic E-state index is 0.354. The Morgan fingerprint density at radius 2 is 2.24 bits per heavy atom. The number of carbonyl (C=O) groups excluding carboxylic acids is 1. The molecule has 1 heterocycles. The largest absolute Gasteiger partial charge is 0.465 e. The smallest absolute Gasteiger partial charge is 0.340 e. The lowest BCUT2D eigenvalue weighted by Crippen LogP contribution is -2.20. The van der Waals surface area contributed by atoms with Crippen LogP contribution in [0.1, 0.15) is 20.9 Å². The van der Waals surface area contributed by atoms with Crippen LogP contribution in [0.3, 0.4) is 0 Å². The number of halogens is 1. The van der Waals surface area contributed by atoms with Crippen LogP contribution in [0.15, 0.2) is 17.6 Å². The number of hydrogen-bond donors (Lipinski definition) is 1. The number of nitrogen functional groups attached to an aromatic ring is 1. The fourth-order valence-electron chi connectivity index (χ4n) is 2.05. The van der Waals surface area contributed by atoms with Crippen molar-refractivity contribution in [1.29, 1.82) is 0 Å². The van der Waals surface area contributed by atoms with E-state index < -0.39 is 5.97 Å². The van der Waals surface area contributed by atoms with Gasteiger partial charge in [0.2, 0.25) is 0 Å². The number of methoxy groups -OCH3 is 1. The number of rotatable bonds is 4. The molecule has 0 bridgehead atoms. The molecule has 2 aromatic rings. The topological polar surface area (TPSA) is 68.5 Å². The van der Waals surface area contributed by atoms with E-state index in [0.717, 1.165) is 10.6 Å². The van der Waals surface area contributed by atoms with E-state index in [1.54, 1.807) is 29.0 Å². The molecule has 0 aliphatic carbocycles. The molecule has 1 aromatic heterocycles. The highest BCUT2D eigenvalue weighted by Gasteiger charge is 2.20. The first kappa shape index (κ1) is 15.6. The summed E-state index contributed by atoms with van der Waals surface area (Å²) in [6.07, 6.45) is 0. The third kappa shape index (κ3) is 3.28. The van der Waals surface area contributed by atoms with E-state index in [0.29, 0.717) is 28.5 Å². The van der Waals surface area contributed by atoms with Gasteiger partial charge in [0.1, 0.15) is 0 Å². The van der Waals surface area contributed by atoms with Gasteiger partial charge in [-0.1, -0.05) is 11.6 Å². The zero-order chi connectivity index (χ0) is 15.6. The van der Waals surface area contributed by atoms with Crippen LogP contribution in [0.5, 0.6) is 0 Å². The Balaban J connectivity index is 2.42. The maximum absolute atomic E-state index is 11.9. The molecule has 2 N–H and O–H groups in total. The van der Waals surface area contributed by atoms with Crippen molar-refractivity contribution in [1.82, 2.24) is 4.98 Å². The zero-order valence-corrected chi connectivity index (χ0v) is 13.6. The van der Waals surface area contributed by atoms with Crippen LogP contribution in [0.2, 0.25) is 5.02 Å². The van der Waals surface area contributed by atoms with Crippen molar-refractivity contribution in [2.45, 2.75) is 13.5 Å². The minimum atomic E-state index is -0.466. The summed E-state index contributed by atoms with van der Waals surface area (Å²) in [7, 11) is 3.19. The lowest BCUT2D eigenvalue weighted by molar-refractivity contribution is 0.0601. The van der Waals surface area contributed by atoms with E-state index in [9.17, 15) is 4.79 Å². The quantitative estimate of drug-likeness (QED) is 0.691. The first-order valence-electron chi connectivity index (χ1n) is 6.21. The summed E-state index contributed by atoms with van der Waals surface area (Å²) in [6, 6.07) is 3.20. The molecule has 0 aliphatic rings. The van der Waals surface area contributed by atoms with E-state index in [2.05, 4.69) is 4.98 Å². The third-order valence-electron chi connectivity index (χ3n) is 3.10. The van der Waals surface area contributed by atoms with Crippen molar-refractivity contribution in [3.05, 3.63) is 38.8 Å². The molecule has 0 atom stereocenters. The molecule has 0 saturated heterocycles. The van der Waals surface area contributed by atoms with E-state index in [-0.39, 0.29) is 0 Å². The highest BCUT2D eigenvalue weighted by molar-refractivity contribution is 7.09. The Labute approximate surface area is 132 Å². The number of nitrogens with zero attached hydrogens (tertiary/aromatic N) is 2. The summed E-state index contributed by atoms with van der Waals surface area (Å²) in [5, 5.41) is 0.417. The first-order chi connectivity index (χ1) is 9.93. The summed E-state index contributed by atoms with van der Waals surface area (Å²) < 4.78 is 4.81. The number of anilines is 2. The molecule has 2 rings (SSSR count). The minimum Gasteiger partial charge on any atom is -0.465 e. The van der Waals surface area contributed by atoms with E-state index in [1.165, 1.54) is 7.11 Å². The molecule has 21 heavy (non-hydrogen) atoms. The second-order valence-electron chi connectivity index (χ2n) is 4.61.